The highest BCUT2D eigenvalue weighted by molar-refractivity contribution is 6.06. The third-order valence-electron chi connectivity index (χ3n) is 1.88. The van der Waals surface area contributed by atoms with Crippen LogP contribution in [0.4, 0.5) is 0 Å². The molecule has 0 fully saturated rings. The first-order chi connectivity index (χ1) is 6.36. The first-order valence-electron chi connectivity index (χ1n) is 4.26. The van der Waals surface area contributed by atoms with Crippen molar-refractivity contribution in [3.8, 4) is 0 Å². The predicted molar refractivity (Wildman–Crippen MR) is 52.6 cm³/mol. The van der Waals surface area contributed by atoms with Gasteiger partial charge in [0, 0.05) is 18.6 Å². The molecular formula is C10H11N3. The normalized spacial score (nSPS) is 16.4. The molecule has 0 unspecified atom stereocenters. The Morgan fingerprint density at radius 2 is 2.38 bits per heavy atom. The molecule has 66 valence electrons. The largest absolute Gasteiger partial charge is 0.343 e. The molecule has 13 heavy (non-hydrogen) atoms. The van der Waals surface area contributed by atoms with Crippen molar-refractivity contribution < 1.29 is 0 Å². The Labute approximate surface area is 76.9 Å². The SMILES string of the molecule is CC1=CN=C(c2ncc[nH]2)C=CC1. The van der Waals surface area contributed by atoms with Crippen LogP contribution in [0.5, 0.6) is 0 Å². The van der Waals surface area contributed by atoms with Crippen molar-refractivity contribution >= 4 is 5.71 Å². The Balaban J connectivity index is 2.34. The van der Waals surface area contributed by atoms with Crippen LogP contribution in [0.25, 0.3) is 0 Å². The van der Waals surface area contributed by atoms with E-state index in [1.54, 1.807) is 12.4 Å². The molecule has 0 saturated heterocycles. The van der Waals surface area contributed by atoms with Crippen LogP contribution in [-0.4, -0.2) is 15.7 Å². The number of imidazole rings is 1. The Bertz CT molecular complexity index is 369. The molecule has 1 N–H and O–H groups in total. The summed E-state index contributed by atoms with van der Waals surface area (Å²) in [5.74, 6) is 0.821. The third kappa shape index (κ3) is 1.75. The summed E-state index contributed by atoms with van der Waals surface area (Å²) in [5, 5.41) is 0. The lowest BCUT2D eigenvalue weighted by molar-refractivity contribution is 1.20. The fourth-order valence-corrected chi connectivity index (χ4v) is 1.18. The van der Waals surface area contributed by atoms with Gasteiger partial charge < -0.3 is 4.98 Å². The third-order valence-corrected chi connectivity index (χ3v) is 1.88. The second-order valence-electron chi connectivity index (χ2n) is 3.03. The van der Waals surface area contributed by atoms with Gasteiger partial charge in [-0.05, 0) is 19.4 Å². The minimum atomic E-state index is 0.821. The van der Waals surface area contributed by atoms with E-state index in [1.165, 1.54) is 5.57 Å². The van der Waals surface area contributed by atoms with Crippen molar-refractivity contribution in [3.63, 3.8) is 0 Å². The van der Waals surface area contributed by atoms with Crippen molar-refractivity contribution in [2.45, 2.75) is 13.3 Å². The summed E-state index contributed by atoms with van der Waals surface area (Å²) in [7, 11) is 0. The van der Waals surface area contributed by atoms with E-state index in [4.69, 9.17) is 0 Å². The molecule has 0 bridgehead atoms. The molecule has 3 heteroatoms. The lowest BCUT2D eigenvalue weighted by atomic mass is 10.2. The van der Waals surface area contributed by atoms with Crippen molar-refractivity contribution in [2.75, 3.05) is 0 Å². The van der Waals surface area contributed by atoms with Crippen LogP contribution in [0.1, 0.15) is 19.2 Å². The van der Waals surface area contributed by atoms with E-state index in [-0.39, 0.29) is 0 Å². The number of hydrogen-bond donors (Lipinski definition) is 1. The zero-order valence-corrected chi connectivity index (χ0v) is 7.49. The van der Waals surface area contributed by atoms with Gasteiger partial charge >= 0.3 is 0 Å². The molecule has 0 radical (unpaired) electrons. The smallest absolute Gasteiger partial charge is 0.155 e. The van der Waals surface area contributed by atoms with Crippen molar-refractivity contribution in [3.05, 3.63) is 42.1 Å². The second-order valence-corrected chi connectivity index (χ2v) is 3.03. The Kier molecular flexibility index (Phi) is 2.08. The molecule has 0 saturated carbocycles. The summed E-state index contributed by atoms with van der Waals surface area (Å²) >= 11 is 0. The van der Waals surface area contributed by atoms with Crippen molar-refractivity contribution in [1.82, 2.24) is 9.97 Å². The van der Waals surface area contributed by atoms with Gasteiger partial charge in [-0.2, -0.15) is 0 Å². The first-order valence-corrected chi connectivity index (χ1v) is 4.26. The van der Waals surface area contributed by atoms with Crippen molar-refractivity contribution in [1.29, 1.82) is 0 Å². The van der Waals surface area contributed by atoms with Crippen LogP contribution in [-0.2, 0) is 0 Å². The van der Waals surface area contributed by atoms with Crippen LogP contribution in [0.2, 0.25) is 0 Å². The molecule has 2 rings (SSSR count). The maximum Gasteiger partial charge on any atom is 0.155 e. The summed E-state index contributed by atoms with van der Waals surface area (Å²) < 4.78 is 0. The molecule has 3 nitrogen and oxygen atoms in total. The fourth-order valence-electron chi connectivity index (χ4n) is 1.18. The first kappa shape index (κ1) is 7.98. The number of hydrogen-bond acceptors (Lipinski definition) is 2. The summed E-state index contributed by atoms with van der Waals surface area (Å²) in [6.07, 6.45) is 10.5. The average Bonchev–Trinajstić information content (AvgIpc) is 2.56. The molecule has 0 atom stereocenters. The Morgan fingerprint density at radius 1 is 1.46 bits per heavy atom. The van der Waals surface area contributed by atoms with E-state index in [0.717, 1.165) is 18.0 Å². The fraction of sp³-hybridized carbons (Fsp3) is 0.200. The Hall–Kier alpha value is -1.64. The number of H-pyrrole nitrogens is 1. The van der Waals surface area contributed by atoms with Gasteiger partial charge in [-0.15, -0.1) is 0 Å². The molecule has 0 spiro atoms. The van der Waals surface area contributed by atoms with E-state index in [2.05, 4.69) is 28.0 Å². The zero-order valence-electron chi connectivity index (χ0n) is 7.49. The highest BCUT2D eigenvalue weighted by Crippen LogP contribution is 2.07. The Morgan fingerprint density at radius 3 is 3.15 bits per heavy atom. The maximum absolute atomic E-state index is 4.32. The minimum absolute atomic E-state index is 0.821. The van der Waals surface area contributed by atoms with Gasteiger partial charge in [-0.3, -0.25) is 4.99 Å². The van der Waals surface area contributed by atoms with Crippen LogP contribution in [0.15, 0.2) is 41.3 Å². The topological polar surface area (TPSA) is 41.0 Å². The van der Waals surface area contributed by atoms with E-state index >= 15 is 0 Å². The van der Waals surface area contributed by atoms with Crippen LogP contribution < -0.4 is 0 Å². The molecule has 1 aliphatic heterocycles. The number of aliphatic imine (C=N–C) groups is 1. The van der Waals surface area contributed by atoms with Crippen molar-refractivity contribution in [2.24, 2.45) is 4.99 Å². The summed E-state index contributed by atoms with van der Waals surface area (Å²) in [5.41, 5.74) is 2.15. The van der Waals surface area contributed by atoms with Gasteiger partial charge in [-0.25, -0.2) is 4.98 Å². The highest BCUT2D eigenvalue weighted by Gasteiger charge is 2.02. The van der Waals surface area contributed by atoms with E-state index in [9.17, 15) is 0 Å². The quantitative estimate of drug-likeness (QED) is 0.693. The van der Waals surface area contributed by atoms with Gasteiger partial charge in [0.2, 0.25) is 0 Å². The van der Waals surface area contributed by atoms with Gasteiger partial charge in [0.05, 0.1) is 0 Å². The van der Waals surface area contributed by atoms with E-state index in [1.807, 2.05) is 12.3 Å². The standard InChI is InChI=1S/C10H11N3/c1-8-3-2-4-9(13-7-8)10-11-5-6-12-10/h2,4-7H,3H2,1H3,(H,11,12). The number of aromatic nitrogens is 2. The summed E-state index contributed by atoms with van der Waals surface area (Å²) in [6, 6.07) is 0. The molecule has 0 amide bonds. The average molecular weight is 173 g/mol. The number of nitrogens with one attached hydrogen (secondary N) is 1. The molecule has 0 aliphatic carbocycles. The van der Waals surface area contributed by atoms with Crippen LogP contribution in [0.3, 0.4) is 0 Å². The lowest BCUT2D eigenvalue weighted by Gasteiger charge is -1.91. The number of allylic oxidation sites excluding steroid dienone is 3. The van der Waals surface area contributed by atoms with Gasteiger partial charge in [0.15, 0.2) is 5.82 Å². The summed E-state index contributed by atoms with van der Waals surface area (Å²) in [6.45, 7) is 2.07. The van der Waals surface area contributed by atoms with Gasteiger partial charge in [-0.1, -0.05) is 11.6 Å². The summed E-state index contributed by atoms with van der Waals surface area (Å²) in [4.78, 5) is 11.5. The predicted octanol–water partition coefficient (Wildman–Crippen LogP) is 2.06. The second kappa shape index (κ2) is 3.39. The molecule has 1 aromatic rings. The molecule has 0 aromatic carbocycles. The maximum atomic E-state index is 4.32. The number of aromatic amines is 1. The molecule has 1 aliphatic rings. The molecule has 1 aromatic heterocycles. The van der Waals surface area contributed by atoms with Crippen LogP contribution >= 0.6 is 0 Å². The minimum Gasteiger partial charge on any atom is -0.343 e. The molecular weight excluding hydrogens is 162 g/mol. The van der Waals surface area contributed by atoms with Crippen LogP contribution in [0, 0.1) is 0 Å². The number of rotatable bonds is 1. The monoisotopic (exact) mass is 173 g/mol. The van der Waals surface area contributed by atoms with Gasteiger partial charge in [0.25, 0.3) is 0 Å². The highest BCUT2D eigenvalue weighted by atomic mass is 14.9. The van der Waals surface area contributed by atoms with Gasteiger partial charge in [0.1, 0.15) is 5.71 Å². The molecule has 2 heterocycles. The van der Waals surface area contributed by atoms with E-state index in [0.29, 0.717) is 0 Å². The lowest BCUT2D eigenvalue weighted by Crippen LogP contribution is -1.97. The van der Waals surface area contributed by atoms with E-state index < -0.39 is 0 Å². The number of nitrogens with zero attached hydrogens (tertiary/aromatic N) is 2. The zero-order chi connectivity index (χ0) is 9.10.